The summed E-state index contributed by atoms with van der Waals surface area (Å²) in [6.07, 6.45) is 1.85. The Kier molecular flexibility index (Phi) is 4.76. The average molecular weight is 340 g/mol. The van der Waals surface area contributed by atoms with Gasteiger partial charge in [-0.25, -0.2) is 4.98 Å². The molecule has 5 nitrogen and oxygen atoms in total. The molecular formula is C16H12N4OS2. The van der Waals surface area contributed by atoms with Crippen LogP contribution in [-0.4, -0.2) is 15.9 Å². The maximum absolute atomic E-state index is 12.1. The minimum atomic E-state index is -0.623. The number of nitrogens with zero attached hydrogens (tertiary/aromatic N) is 3. The van der Waals surface area contributed by atoms with Crippen molar-refractivity contribution < 1.29 is 4.79 Å². The molecule has 0 saturated carbocycles. The maximum Gasteiger partial charge on any atom is 0.227 e. The first kappa shape index (κ1) is 15.3. The van der Waals surface area contributed by atoms with Gasteiger partial charge in [0.25, 0.3) is 0 Å². The van der Waals surface area contributed by atoms with Crippen LogP contribution >= 0.6 is 22.7 Å². The highest BCUT2D eigenvalue weighted by molar-refractivity contribution is 7.13. The maximum atomic E-state index is 12.1. The number of amides is 1. The lowest BCUT2D eigenvalue weighted by Crippen LogP contribution is -2.28. The zero-order chi connectivity index (χ0) is 16.1. The van der Waals surface area contributed by atoms with Crippen LogP contribution in [0.5, 0.6) is 0 Å². The monoisotopic (exact) mass is 340 g/mol. The van der Waals surface area contributed by atoms with Crippen molar-refractivity contribution in [1.82, 2.24) is 15.3 Å². The number of carbonyl (C=O) groups is 1. The Morgan fingerprint density at radius 3 is 2.96 bits per heavy atom. The Labute approximate surface area is 141 Å². The first-order valence-electron chi connectivity index (χ1n) is 6.83. The molecule has 0 radical (unpaired) electrons. The number of pyridine rings is 1. The van der Waals surface area contributed by atoms with E-state index in [1.807, 2.05) is 40.4 Å². The molecule has 1 N–H and O–H groups in total. The summed E-state index contributed by atoms with van der Waals surface area (Å²) in [4.78, 5) is 20.8. The number of hydrogen-bond acceptors (Lipinski definition) is 6. The predicted molar refractivity (Wildman–Crippen MR) is 89.9 cm³/mol. The van der Waals surface area contributed by atoms with Crippen LogP contribution in [0, 0.1) is 11.3 Å². The van der Waals surface area contributed by atoms with Crippen molar-refractivity contribution in [2.24, 2.45) is 0 Å². The summed E-state index contributed by atoms with van der Waals surface area (Å²) in [6.45, 7) is 0. The van der Waals surface area contributed by atoms with E-state index in [1.165, 1.54) is 22.7 Å². The second kappa shape index (κ2) is 7.13. The molecule has 1 amide bonds. The topological polar surface area (TPSA) is 78.7 Å². The van der Waals surface area contributed by atoms with Crippen LogP contribution in [0.15, 0.2) is 46.6 Å². The molecule has 0 aliphatic heterocycles. The van der Waals surface area contributed by atoms with Gasteiger partial charge in [-0.05, 0) is 34.5 Å². The largest absolute Gasteiger partial charge is 0.336 e. The minimum absolute atomic E-state index is 0.144. The van der Waals surface area contributed by atoms with Gasteiger partial charge in [0, 0.05) is 11.6 Å². The summed E-state index contributed by atoms with van der Waals surface area (Å²) < 4.78 is 0. The number of nitrogens with one attached hydrogen (secondary N) is 1. The molecule has 3 heterocycles. The van der Waals surface area contributed by atoms with Gasteiger partial charge in [0.05, 0.1) is 23.9 Å². The highest BCUT2D eigenvalue weighted by atomic mass is 32.1. The molecule has 0 aliphatic rings. The Bertz CT molecular complexity index is 821. The zero-order valence-corrected chi connectivity index (χ0v) is 13.6. The fourth-order valence-electron chi connectivity index (χ4n) is 2.00. The third kappa shape index (κ3) is 3.80. The van der Waals surface area contributed by atoms with E-state index in [1.54, 1.807) is 6.20 Å². The molecule has 3 rings (SSSR count). The lowest BCUT2D eigenvalue weighted by molar-refractivity contribution is -0.120. The van der Waals surface area contributed by atoms with Gasteiger partial charge in [-0.2, -0.15) is 16.6 Å². The Balaban J connectivity index is 1.65. The quantitative estimate of drug-likeness (QED) is 0.773. The summed E-state index contributed by atoms with van der Waals surface area (Å²) in [5, 5.41) is 18.3. The molecule has 3 aromatic rings. The summed E-state index contributed by atoms with van der Waals surface area (Å²) in [5.74, 6) is -0.222. The summed E-state index contributed by atoms with van der Waals surface area (Å²) in [6, 6.07) is 8.93. The molecule has 0 bridgehead atoms. The number of rotatable bonds is 5. The number of thiophene rings is 1. The first-order valence-corrected chi connectivity index (χ1v) is 8.65. The molecule has 0 unspecified atom stereocenters. The van der Waals surface area contributed by atoms with E-state index in [9.17, 15) is 10.1 Å². The summed E-state index contributed by atoms with van der Waals surface area (Å²) in [7, 11) is 0. The number of carbonyl (C=O) groups excluding carboxylic acids is 1. The van der Waals surface area contributed by atoms with Crippen molar-refractivity contribution >= 4 is 28.6 Å². The number of hydrogen-bond donors (Lipinski definition) is 1. The van der Waals surface area contributed by atoms with Crippen molar-refractivity contribution in [3.05, 3.63) is 57.9 Å². The Morgan fingerprint density at radius 1 is 1.35 bits per heavy atom. The van der Waals surface area contributed by atoms with E-state index in [2.05, 4.69) is 21.4 Å². The van der Waals surface area contributed by atoms with Crippen molar-refractivity contribution in [3.63, 3.8) is 0 Å². The Hall–Kier alpha value is -2.56. The summed E-state index contributed by atoms with van der Waals surface area (Å²) >= 11 is 2.95. The molecule has 0 saturated heterocycles. The third-order valence-electron chi connectivity index (χ3n) is 3.09. The van der Waals surface area contributed by atoms with Gasteiger partial charge >= 0.3 is 0 Å². The third-order valence-corrected chi connectivity index (χ3v) is 4.70. The van der Waals surface area contributed by atoms with E-state index in [-0.39, 0.29) is 12.3 Å². The van der Waals surface area contributed by atoms with Crippen molar-refractivity contribution in [2.75, 3.05) is 0 Å². The van der Waals surface area contributed by atoms with E-state index >= 15 is 0 Å². The molecule has 0 fully saturated rings. The van der Waals surface area contributed by atoms with Crippen LogP contribution in [0.4, 0.5) is 0 Å². The van der Waals surface area contributed by atoms with Crippen LogP contribution in [0.1, 0.15) is 17.3 Å². The molecule has 7 heteroatoms. The summed E-state index contributed by atoms with van der Waals surface area (Å²) in [5.41, 5.74) is 2.27. The molecule has 0 aliphatic carbocycles. The smallest absolute Gasteiger partial charge is 0.227 e. The van der Waals surface area contributed by atoms with Gasteiger partial charge in [0.15, 0.2) is 0 Å². The normalized spacial score (nSPS) is 11.6. The van der Waals surface area contributed by atoms with Crippen molar-refractivity contribution in [3.8, 4) is 16.8 Å². The molecule has 1 atom stereocenters. The van der Waals surface area contributed by atoms with Gasteiger partial charge < -0.3 is 5.32 Å². The zero-order valence-electron chi connectivity index (χ0n) is 12.0. The number of aromatic nitrogens is 2. The van der Waals surface area contributed by atoms with Crippen LogP contribution in [0.2, 0.25) is 0 Å². The number of thiazole rings is 1. The van der Waals surface area contributed by atoms with Crippen LogP contribution < -0.4 is 5.32 Å². The lowest BCUT2D eigenvalue weighted by atomic mass is 10.1. The SMILES string of the molecule is N#C[C@H](NC(=O)Cc1csc(-c2ccccn2)n1)c1ccsc1. The van der Waals surface area contributed by atoms with Crippen LogP contribution in [0.3, 0.4) is 0 Å². The molecule has 23 heavy (non-hydrogen) atoms. The van der Waals surface area contributed by atoms with Gasteiger partial charge in [-0.15, -0.1) is 11.3 Å². The number of nitriles is 1. The fraction of sp³-hybridized carbons (Fsp3) is 0.125. The second-order valence-electron chi connectivity index (χ2n) is 4.72. The Morgan fingerprint density at radius 2 is 2.26 bits per heavy atom. The van der Waals surface area contributed by atoms with Gasteiger partial charge in [0.1, 0.15) is 11.0 Å². The highest BCUT2D eigenvalue weighted by Crippen LogP contribution is 2.22. The standard InChI is InChI=1S/C16H12N4OS2/c17-8-14(11-4-6-22-9-11)20-15(21)7-12-10-23-16(19-12)13-3-1-2-5-18-13/h1-6,9-10,14H,7H2,(H,20,21)/t14-/m0/s1. The van der Waals surface area contributed by atoms with E-state index < -0.39 is 6.04 Å². The van der Waals surface area contributed by atoms with Crippen molar-refractivity contribution in [2.45, 2.75) is 12.5 Å². The minimum Gasteiger partial charge on any atom is -0.336 e. The van der Waals surface area contributed by atoms with E-state index in [0.29, 0.717) is 5.69 Å². The van der Waals surface area contributed by atoms with E-state index in [0.717, 1.165) is 16.3 Å². The van der Waals surface area contributed by atoms with E-state index in [4.69, 9.17) is 0 Å². The fourth-order valence-corrected chi connectivity index (χ4v) is 3.48. The van der Waals surface area contributed by atoms with Crippen LogP contribution in [0.25, 0.3) is 10.7 Å². The molecule has 114 valence electrons. The van der Waals surface area contributed by atoms with Gasteiger partial charge in [-0.3, -0.25) is 9.78 Å². The lowest BCUT2D eigenvalue weighted by Gasteiger charge is -2.09. The van der Waals surface area contributed by atoms with Crippen molar-refractivity contribution in [1.29, 1.82) is 5.26 Å². The molecule has 3 aromatic heterocycles. The van der Waals surface area contributed by atoms with Gasteiger partial charge in [-0.1, -0.05) is 6.07 Å². The first-order chi connectivity index (χ1) is 11.3. The van der Waals surface area contributed by atoms with Gasteiger partial charge in [0.2, 0.25) is 5.91 Å². The molecule has 0 spiro atoms. The average Bonchev–Trinajstić information content (AvgIpc) is 3.25. The molecule has 0 aromatic carbocycles. The predicted octanol–water partition coefficient (Wildman–Crippen LogP) is 3.19. The second-order valence-corrected chi connectivity index (χ2v) is 6.36. The highest BCUT2D eigenvalue weighted by Gasteiger charge is 2.16. The van der Waals surface area contributed by atoms with Crippen LogP contribution in [-0.2, 0) is 11.2 Å². The molecular weight excluding hydrogens is 328 g/mol.